The predicted octanol–water partition coefficient (Wildman–Crippen LogP) is 13.9. The Balaban J connectivity index is 0.0000384. The summed E-state index contributed by atoms with van der Waals surface area (Å²) in [6.07, 6.45) is 56.2. The van der Waals surface area contributed by atoms with Crippen LogP contribution in [0.3, 0.4) is 0 Å². The molecule has 9 heteroatoms. The summed E-state index contributed by atoms with van der Waals surface area (Å²) in [5.41, 5.74) is -0.768. The SMILES string of the molecule is CCCC/C=C/CCCCCCCCCCCCCCCCCOC(=O)c1cccc(S(=O)(=O)[O-])c1C(=O)OCCCCCCCCCCCCCCCCC/C=C/CCCC.[Na+]. The molecule has 0 saturated carbocycles. The second-order valence-corrected chi connectivity index (χ2v) is 19.2. The standard InChI is InChI=1S/C54H94O7S.Na/c1-3-5-7-9-11-13-15-17-19-21-23-25-27-29-31-33-35-37-39-41-43-48-60-53(55)50-46-45-47-51(62(57,58)59)52(50)54(56)61-49-44-42-40-38-36-34-32-30-28-26-24-22-20-18-16-14-12-10-8-6-4-2;/h9-12,45-47H,3-8,13-44,48-49H2,1-2H3,(H,57,58,59);/q;+1/p-1/b11-9+,12-10+;. The van der Waals surface area contributed by atoms with Gasteiger partial charge in [-0.25, -0.2) is 18.0 Å². The van der Waals surface area contributed by atoms with E-state index in [0.29, 0.717) is 12.8 Å². The minimum atomic E-state index is -5.02. The molecule has 0 spiro atoms. The molecular weight excluding hydrogens is 816 g/mol. The van der Waals surface area contributed by atoms with Gasteiger partial charge < -0.3 is 14.0 Å². The predicted molar refractivity (Wildman–Crippen MR) is 260 cm³/mol. The third-order valence-electron chi connectivity index (χ3n) is 12.0. The quantitative estimate of drug-likeness (QED) is 0.0211. The van der Waals surface area contributed by atoms with Crippen molar-refractivity contribution in [3.8, 4) is 0 Å². The van der Waals surface area contributed by atoms with Crippen LogP contribution >= 0.6 is 0 Å². The summed E-state index contributed by atoms with van der Waals surface area (Å²) in [5.74, 6) is -1.80. The Morgan fingerprint density at radius 1 is 0.444 bits per heavy atom. The number of ether oxygens (including phenoxy) is 2. The molecule has 63 heavy (non-hydrogen) atoms. The van der Waals surface area contributed by atoms with Crippen LogP contribution in [-0.4, -0.2) is 38.1 Å². The number of rotatable bonds is 45. The third-order valence-corrected chi connectivity index (χ3v) is 12.9. The summed E-state index contributed by atoms with van der Waals surface area (Å²) in [5, 5.41) is 0. The first-order valence-corrected chi connectivity index (χ1v) is 27.5. The van der Waals surface area contributed by atoms with E-state index in [0.717, 1.165) is 44.6 Å². The molecule has 1 rings (SSSR count). The van der Waals surface area contributed by atoms with E-state index in [2.05, 4.69) is 38.2 Å². The van der Waals surface area contributed by atoms with Crippen molar-refractivity contribution >= 4 is 22.1 Å². The summed E-state index contributed by atoms with van der Waals surface area (Å²) in [6, 6.07) is 3.65. The Morgan fingerprint density at radius 3 is 1.05 bits per heavy atom. The molecule has 0 radical (unpaired) electrons. The molecule has 0 fully saturated rings. The van der Waals surface area contributed by atoms with Crippen molar-refractivity contribution in [3.63, 3.8) is 0 Å². The number of hydrogen-bond donors (Lipinski definition) is 0. The van der Waals surface area contributed by atoms with Crippen LogP contribution in [0.1, 0.15) is 279 Å². The van der Waals surface area contributed by atoms with Gasteiger partial charge in [0.1, 0.15) is 10.1 Å². The summed E-state index contributed by atoms with van der Waals surface area (Å²) in [7, 11) is -5.02. The number of allylic oxidation sites excluding steroid dienone is 4. The zero-order chi connectivity index (χ0) is 45.0. The molecular formula is C54H93NaO7S. The van der Waals surface area contributed by atoms with Crippen LogP contribution in [0.25, 0.3) is 0 Å². The van der Waals surface area contributed by atoms with Crippen LogP contribution in [0, 0.1) is 0 Å². The van der Waals surface area contributed by atoms with Gasteiger partial charge in [-0.15, -0.1) is 0 Å². The van der Waals surface area contributed by atoms with Gasteiger partial charge in [-0.05, 0) is 63.5 Å². The van der Waals surface area contributed by atoms with Crippen molar-refractivity contribution in [2.24, 2.45) is 0 Å². The number of carbonyl (C=O) groups excluding carboxylic acids is 2. The molecule has 0 bridgehead atoms. The van der Waals surface area contributed by atoms with Gasteiger partial charge in [0.05, 0.1) is 29.2 Å². The molecule has 1 aromatic carbocycles. The van der Waals surface area contributed by atoms with E-state index in [9.17, 15) is 22.6 Å². The van der Waals surface area contributed by atoms with Gasteiger partial charge >= 0.3 is 41.5 Å². The van der Waals surface area contributed by atoms with Crippen LogP contribution < -0.4 is 29.6 Å². The van der Waals surface area contributed by atoms with E-state index in [4.69, 9.17) is 9.47 Å². The molecule has 0 heterocycles. The normalized spacial score (nSPS) is 11.7. The van der Waals surface area contributed by atoms with Crippen molar-refractivity contribution < 1.29 is 61.6 Å². The van der Waals surface area contributed by atoms with Crippen LogP contribution in [0.2, 0.25) is 0 Å². The second kappa shape index (κ2) is 45.7. The van der Waals surface area contributed by atoms with Gasteiger partial charge in [-0.2, -0.15) is 0 Å². The minimum absolute atomic E-state index is 0. The maximum absolute atomic E-state index is 13.1. The van der Waals surface area contributed by atoms with Crippen LogP contribution in [-0.2, 0) is 19.6 Å². The molecule has 358 valence electrons. The second-order valence-electron chi connectivity index (χ2n) is 17.8. The number of benzene rings is 1. The van der Waals surface area contributed by atoms with E-state index in [1.165, 1.54) is 205 Å². The zero-order valence-electron chi connectivity index (χ0n) is 41.1. The molecule has 1 aromatic rings. The fourth-order valence-electron chi connectivity index (χ4n) is 8.04. The summed E-state index contributed by atoms with van der Waals surface area (Å²) >= 11 is 0. The third kappa shape index (κ3) is 37.3. The van der Waals surface area contributed by atoms with Gasteiger partial charge in [0.2, 0.25) is 0 Å². The average Bonchev–Trinajstić information content (AvgIpc) is 3.26. The first-order valence-electron chi connectivity index (χ1n) is 26.1. The minimum Gasteiger partial charge on any atom is -0.744 e. The summed E-state index contributed by atoms with van der Waals surface area (Å²) < 4.78 is 47.0. The molecule has 0 N–H and O–H groups in total. The van der Waals surface area contributed by atoms with E-state index < -0.39 is 32.5 Å². The number of hydrogen-bond acceptors (Lipinski definition) is 7. The summed E-state index contributed by atoms with van der Waals surface area (Å²) in [4.78, 5) is 25.3. The molecule has 0 aliphatic rings. The fraction of sp³-hybridized carbons (Fsp3) is 0.778. The molecule has 0 atom stereocenters. The van der Waals surface area contributed by atoms with E-state index >= 15 is 0 Å². The largest absolute Gasteiger partial charge is 1.00 e. The Bertz CT molecular complexity index is 1380. The van der Waals surface area contributed by atoms with E-state index in [-0.39, 0.29) is 48.3 Å². The van der Waals surface area contributed by atoms with Gasteiger partial charge in [-0.3, -0.25) is 0 Å². The Labute approximate surface area is 410 Å². The average molecular weight is 909 g/mol. The first-order chi connectivity index (χ1) is 30.3. The van der Waals surface area contributed by atoms with Crippen molar-refractivity contribution in [2.45, 2.75) is 263 Å². The van der Waals surface area contributed by atoms with Crippen molar-refractivity contribution in [3.05, 3.63) is 53.6 Å². The molecule has 0 aliphatic heterocycles. The van der Waals surface area contributed by atoms with Crippen LogP contribution in [0.15, 0.2) is 47.4 Å². The Kier molecular flexibility index (Phi) is 44.6. The van der Waals surface area contributed by atoms with Crippen LogP contribution in [0.4, 0.5) is 0 Å². The summed E-state index contributed by atoms with van der Waals surface area (Å²) in [6.45, 7) is 4.74. The smallest absolute Gasteiger partial charge is 0.744 e. The van der Waals surface area contributed by atoms with E-state index in [1.54, 1.807) is 0 Å². The molecule has 0 aromatic heterocycles. The fourth-order valence-corrected chi connectivity index (χ4v) is 8.73. The van der Waals surface area contributed by atoms with Crippen molar-refractivity contribution in [2.75, 3.05) is 13.2 Å². The van der Waals surface area contributed by atoms with Crippen molar-refractivity contribution in [1.82, 2.24) is 0 Å². The van der Waals surface area contributed by atoms with Gasteiger partial charge in [0, 0.05) is 0 Å². The topological polar surface area (TPSA) is 110 Å². The molecule has 0 aliphatic carbocycles. The van der Waals surface area contributed by atoms with Crippen LogP contribution in [0.5, 0.6) is 0 Å². The van der Waals surface area contributed by atoms with Crippen molar-refractivity contribution in [1.29, 1.82) is 0 Å². The maximum atomic E-state index is 13.1. The van der Waals surface area contributed by atoms with Gasteiger partial charge in [0.15, 0.2) is 0 Å². The Morgan fingerprint density at radius 2 is 0.730 bits per heavy atom. The molecule has 7 nitrogen and oxygen atoms in total. The molecule has 0 saturated heterocycles. The number of esters is 2. The zero-order valence-corrected chi connectivity index (χ0v) is 43.9. The molecule has 0 unspecified atom stereocenters. The number of carbonyl (C=O) groups is 2. The van der Waals surface area contributed by atoms with Gasteiger partial charge in [0.25, 0.3) is 0 Å². The Hall–Kier alpha value is -1.45. The molecule has 0 amide bonds. The number of unbranched alkanes of at least 4 members (excludes halogenated alkanes) is 34. The van der Waals surface area contributed by atoms with Gasteiger partial charge in [-0.1, -0.05) is 237 Å². The van der Waals surface area contributed by atoms with E-state index in [1.807, 2.05) is 0 Å². The maximum Gasteiger partial charge on any atom is 1.00 e. The first kappa shape index (κ1) is 61.5. The monoisotopic (exact) mass is 909 g/mol.